The number of amides is 1. The van der Waals surface area contributed by atoms with Gasteiger partial charge >= 0.3 is 0 Å². The number of benzene rings is 1. The summed E-state index contributed by atoms with van der Waals surface area (Å²) < 4.78 is 7.49. The van der Waals surface area contributed by atoms with Gasteiger partial charge in [-0.15, -0.1) is 0 Å². The van der Waals surface area contributed by atoms with Crippen LogP contribution < -0.4 is 4.74 Å². The molecular formula is C25H30N4O2. The number of H-pyrrole nitrogens is 1. The summed E-state index contributed by atoms with van der Waals surface area (Å²) in [5.74, 6) is 0.911. The van der Waals surface area contributed by atoms with E-state index in [1.54, 1.807) is 13.3 Å². The highest BCUT2D eigenvalue weighted by molar-refractivity contribution is 5.99. The van der Waals surface area contributed by atoms with Crippen molar-refractivity contribution in [3.63, 3.8) is 0 Å². The second-order valence-corrected chi connectivity index (χ2v) is 8.05. The third kappa shape index (κ3) is 4.43. The summed E-state index contributed by atoms with van der Waals surface area (Å²) in [4.78, 5) is 22.6. The fourth-order valence-electron chi connectivity index (χ4n) is 4.02. The van der Waals surface area contributed by atoms with Gasteiger partial charge in [0.05, 0.1) is 7.11 Å². The molecule has 0 unspecified atom stereocenters. The second kappa shape index (κ2) is 9.25. The lowest BCUT2D eigenvalue weighted by atomic mass is 10.1. The Balaban J connectivity index is 1.65. The lowest BCUT2D eigenvalue weighted by Gasteiger charge is -2.18. The number of hydrogen-bond acceptors (Lipinski definition) is 3. The molecule has 0 radical (unpaired) electrons. The van der Waals surface area contributed by atoms with E-state index < -0.39 is 0 Å². The van der Waals surface area contributed by atoms with Crippen molar-refractivity contribution in [2.75, 3.05) is 20.7 Å². The Bertz CT molecular complexity index is 1160. The lowest BCUT2D eigenvalue weighted by Crippen LogP contribution is -2.30. The molecule has 0 fully saturated rings. The van der Waals surface area contributed by atoms with Crippen LogP contribution in [0.4, 0.5) is 0 Å². The predicted molar refractivity (Wildman–Crippen MR) is 125 cm³/mol. The Morgan fingerprint density at radius 1 is 1.19 bits per heavy atom. The molecule has 31 heavy (non-hydrogen) atoms. The van der Waals surface area contributed by atoms with E-state index in [9.17, 15) is 4.79 Å². The van der Waals surface area contributed by atoms with Gasteiger partial charge < -0.3 is 19.2 Å². The van der Waals surface area contributed by atoms with Crippen molar-refractivity contribution >= 4 is 27.8 Å². The van der Waals surface area contributed by atoms with Crippen molar-refractivity contribution in [1.29, 1.82) is 0 Å². The zero-order valence-electron chi connectivity index (χ0n) is 18.5. The third-order valence-electron chi connectivity index (χ3n) is 5.85. The number of unbranched alkanes of at least 4 members (excludes halogenated alkanes) is 3. The van der Waals surface area contributed by atoms with Gasteiger partial charge in [-0.25, -0.2) is 4.98 Å². The molecule has 4 aromatic rings. The zero-order valence-corrected chi connectivity index (χ0v) is 18.5. The summed E-state index contributed by atoms with van der Waals surface area (Å²) in [7, 11) is 3.56. The van der Waals surface area contributed by atoms with E-state index in [0.29, 0.717) is 6.54 Å². The van der Waals surface area contributed by atoms with Crippen LogP contribution in [0.5, 0.6) is 5.75 Å². The van der Waals surface area contributed by atoms with Crippen LogP contribution in [0.1, 0.15) is 32.6 Å². The Kier molecular flexibility index (Phi) is 6.26. The molecule has 6 nitrogen and oxygen atoms in total. The van der Waals surface area contributed by atoms with Gasteiger partial charge in [0.2, 0.25) is 5.91 Å². The predicted octanol–water partition coefficient (Wildman–Crippen LogP) is 5.23. The maximum Gasteiger partial charge on any atom is 0.242 e. The number of carbonyl (C=O) groups excluding carboxylic acids is 1. The standard InChI is InChI=1S/C25H30N4O2/c1-4-5-6-7-13-28(2)24(30)17-29-16-21(20-15-19(31-3)10-11-23(20)29)22-14-18-9-8-12-26-25(18)27-22/h8-12,14-16H,4-7,13,17H2,1-3H3,(H,26,27). The van der Waals surface area contributed by atoms with Gasteiger partial charge in [0, 0.05) is 53.5 Å². The third-order valence-corrected chi connectivity index (χ3v) is 5.85. The minimum Gasteiger partial charge on any atom is -0.497 e. The summed E-state index contributed by atoms with van der Waals surface area (Å²) in [5.41, 5.74) is 3.87. The van der Waals surface area contributed by atoms with Gasteiger partial charge in [-0.3, -0.25) is 4.79 Å². The molecule has 0 aliphatic carbocycles. The van der Waals surface area contributed by atoms with Crippen molar-refractivity contribution in [1.82, 2.24) is 19.4 Å². The van der Waals surface area contributed by atoms with Gasteiger partial charge in [0.25, 0.3) is 0 Å². The SMILES string of the molecule is CCCCCCN(C)C(=O)Cn1cc(-c2cc3cccnc3[nH]2)c2cc(OC)ccc21. The Morgan fingerprint density at radius 3 is 2.84 bits per heavy atom. The molecule has 6 heteroatoms. The Labute approximate surface area is 182 Å². The normalized spacial score (nSPS) is 11.3. The van der Waals surface area contributed by atoms with Gasteiger partial charge in [0.15, 0.2) is 0 Å². The number of rotatable bonds is 9. The molecule has 0 saturated heterocycles. The van der Waals surface area contributed by atoms with Gasteiger partial charge in [-0.1, -0.05) is 26.2 Å². The first-order valence-corrected chi connectivity index (χ1v) is 11.0. The van der Waals surface area contributed by atoms with E-state index in [0.717, 1.165) is 51.9 Å². The minimum absolute atomic E-state index is 0.120. The summed E-state index contributed by atoms with van der Waals surface area (Å²) in [6.45, 7) is 3.31. The van der Waals surface area contributed by atoms with Crippen molar-refractivity contribution in [2.45, 2.75) is 39.2 Å². The monoisotopic (exact) mass is 418 g/mol. The highest BCUT2D eigenvalue weighted by atomic mass is 16.5. The molecule has 3 aromatic heterocycles. The molecule has 3 heterocycles. The van der Waals surface area contributed by atoms with E-state index in [-0.39, 0.29) is 5.91 Å². The summed E-state index contributed by atoms with van der Waals surface area (Å²) in [6.07, 6.45) is 8.46. The van der Waals surface area contributed by atoms with Crippen molar-refractivity contribution in [3.05, 3.63) is 48.8 Å². The van der Waals surface area contributed by atoms with Gasteiger partial charge in [-0.05, 0) is 42.8 Å². The van der Waals surface area contributed by atoms with Gasteiger partial charge in [0.1, 0.15) is 17.9 Å². The summed E-state index contributed by atoms with van der Waals surface area (Å²) >= 11 is 0. The summed E-state index contributed by atoms with van der Waals surface area (Å²) in [6, 6.07) is 12.1. The first kappa shape index (κ1) is 21.0. The number of nitrogens with zero attached hydrogens (tertiary/aromatic N) is 3. The molecule has 1 aromatic carbocycles. The minimum atomic E-state index is 0.120. The van der Waals surface area contributed by atoms with Crippen molar-refractivity contribution in [2.24, 2.45) is 0 Å². The second-order valence-electron chi connectivity index (χ2n) is 8.05. The smallest absolute Gasteiger partial charge is 0.242 e. The van der Waals surface area contributed by atoms with Crippen LogP contribution >= 0.6 is 0 Å². The lowest BCUT2D eigenvalue weighted by molar-refractivity contribution is -0.130. The molecule has 0 saturated carbocycles. The molecule has 0 atom stereocenters. The maximum atomic E-state index is 12.9. The number of aromatic nitrogens is 3. The number of methoxy groups -OCH3 is 1. The molecule has 1 amide bonds. The number of likely N-dealkylation sites (N-methyl/N-ethyl adjacent to an activating group) is 1. The van der Waals surface area contributed by atoms with Crippen LogP contribution in [0, 0.1) is 0 Å². The number of fused-ring (bicyclic) bond motifs is 2. The number of carbonyl (C=O) groups is 1. The van der Waals surface area contributed by atoms with Crippen LogP contribution in [0.15, 0.2) is 48.8 Å². The average Bonchev–Trinajstić information content (AvgIpc) is 3.37. The highest BCUT2D eigenvalue weighted by Crippen LogP contribution is 2.34. The number of aromatic amines is 1. The number of ether oxygens (including phenoxy) is 1. The van der Waals surface area contributed by atoms with E-state index >= 15 is 0 Å². The van der Waals surface area contributed by atoms with Gasteiger partial charge in [-0.2, -0.15) is 0 Å². The fraction of sp³-hybridized carbons (Fsp3) is 0.360. The molecule has 0 aliphatic rings. The van der Waals surface area contributed by atoms with E-state index in [1.807, 2.05) is 46.8 Å². The quantitative estimate of drug-likeness (QED) is 0.379. The number of pyridine rings is 1. The number of hydrogen-bond donors (Lipinski definition) is 1. The van der Waals surface area contributed by atoms with E-state index in [4.69, 9.17) is 4.74 Å². The topological polar surface area (TPSA) is 63.2 Å². The fourth-order valence-corrected chi connectivity index (χ4v) is 4.02. The van der Waals surface area contributed by atoms with Crippen molar-refractivity contribution < 1.29 is 9.53 Å². The molecule has 162 valence electrons. The Morgan fingerprint density at radius 2 is 2.06 bits per heavy atom. The van der Waals surface area contributed by atoms with E-state index in [1.165, 1.54) is 19.3 Å². The van der Waals surface area contributed by atoms with Crippen LogP contribution in [0.25, 0.3) is 33.2 Å². The first-order valence-electron chi connectivity index (χ1n) is 11.0. The molecular weight excluding hydrogens is 388 g/mol. The zero-order chi connectivity index (χ0) is 21.8. The van der Waals surface area contributed by atoms with E-state index in [2.05, 4.69) is 29.2 Å². The molecule has 0 bridgehead atoms. The summed E-state index contributed by atoms with van der Waals surface area (Å²) in [5, 5.41) is 2.11. The molecule has 1 N–H and O–H groups in total. The van der Waals surface area contributed by atoms with Crippen molar-refractivity contribution in [3.8, 4) is 17.0 Å². The first-order chi connectivity index (χ1) is 15.1. The molecule has 0 aliphatic heterocycles. The van der Waals surface area contributed by atoms with Crippen LogP contribution in [-0.2, 0) is 11.3 Å². The van der Waals surface area contributed by atoms with Crippen LogP contribution in [0.2, 0.25) is 0 Å². The number of nitrogens with one attached hydrogen (secondary N) is 1. The van der Waals surface area contributed by atoms with Crippen LogP contribution in [0.3, 0.4) is 0 Å². The largest absolute Gasteiger partial charge is 0.497 e. The molecule has 0 spiro atoms. The molecule has 4 rings (SSSR count). The average molecular weight is 419 g/mol. The maximum absolute atomic E-state index is 12.9. The Hall–Kier alpha value is -3.28. The highest BCUT2D eigenvalue weighted by Gasteiger charge is 2.17. The van der Waals surface area contributed by atoms with Crippen LogP contribution in [-0.4, -0.2) is 46.0 Å².